The average Bonchev–Trinajstić information content (AvgIpc) is 2.58. The Morgan fingerprint density at radius 2 is 2.12 bits per heavy atom. The molecule has 4 heteroatoms. The van der Waals surface area contributed by atoms with E-state index in [0.29, 0.717) is 0 Å². The molecule has 0 spiro atoms. The van der Waals surface area contributed by atoms with Gasteiger partial charge in [-0.15, -0.1) is 0 Å². The minimum Gasteiger partial charge on any atom is -0.369 e. The summed E-state index contributed by atoms with van der Waals surface area (Å²) in [5, 5.41) is 4.54. The number of nitrogens with zero attached hydrogens (tertiary/aromatic N) is 3. The molecule has 0 amide bonds. The van der Waals surface area contributed by atoms with E-state index < -0.39 is 0 Å². The van der Waals surface area contributed by atoms with Gasteiger partial charge in [0.1, 0.15) is 0 Å². The number of halogens is 1. The largest absolute Gasteiger partial charge is 0.369 e. The average molecular weight is 278 g/mol. The zero-order chi connectivity index (χ0) is 11.3. The van der Waals surface area contributed by atoms with Crippen LogP contribution in [0.25, 0.3) is 11.3 Å². The molecule has 3 rings (SSSR count). The molecule has 2 aromatic rings. The molecule has 0 N–H and O–H groups in total. The van der Waals surface area contributed by atoms with Crippen LogP contribution in [0, 0.1) is 0 Å². The zero-order valence-corrected chi connectivity index (χ0v) is 10.8. The van der Waals surface area contributed by atoms with Gasteiger partial charge in [-0.3, -0.25) is 4.68 Å². The van der Waals surface area contributed by atoms with Crippen LogP contribution in [0.1, 0.15) is 5.56 Å². The lowest BCUT2D eigenvalue weighted by Crippen LogP contribution is -2.21. The summed E-state index contributed by atoms with van der Waals surface area (Å²) in [6, 6.07) is 6.26. The van der Waals surface area contributed by atoms with Gasteiger partial charge in [-0.1, -0.05) is 12.1 Å². The van der Waals surface area contributed by atoms with Gasteiger partial charge in [-0.2, -0.15) is 5.10 Å². The van der Waals surface area contributed by atoms with Crippen molar-refractivity contribution in [3.63, 3.8) is 0 Å². The minimum absolute atomic E-state index is 0.915. The zero-order valence-electron chi connectivity index (χ0n) is 9.24. The molecule has 1 aromatic carbocycles. The SMILES string of the molecule is CN1Cc2cn(C)nc2-c2cccc(Br)c21. The third kappa shape index (κ3) is 1.29. The summed E-state index contributed by atoms with van der Waals surface area (Å²) in [4.78, 5) is 2.25. The maximum absolute atomic E-state index is 4.54. The van der Waals surface area contributed by atoms with Crippen molar-refractivity contribution in [2.45, 2.75) is 6.54 Å². The molecule has 0 fully saturated rings. The highest BCUT2D eigenvalue weighted by Gasteiger charge is 2.23. The molecule has 1 aromatic heterocycles. The highest BCUT2D eigenvalue weighted by molar-refractivity contribution is 9.10. The fourth-order valence-electron chi connectivity index (χ4n) is 2.31. The van der Waals surface area contributed by atoms with Gasteiger partial charge in [0.25, 0.3) is 0 Å². The Kier molecular flexibility index (Phi) is 2.07. The highest BCUT2D eigenvalue weighted by atomic mass is 79.9. The first-order valence-corrected chi connectivity index (χ1v) is 5.98. The Balaban J connectivity index is 2.32. The molecule has 16 heavy (non-hydrogen) atoms. The summed E-state index contributed by atoms with van der Waals surface area (Å²) in [6.45, 7) is 0.915. The predicted molar refractivity (Wildman–Crippen MR) is 68.5 cm³/mol. The standard InChI is InChI=1S/C12H12BrN3/c1-15-6-8-7-16(2)14-11(8)9-4-3-5-10(13)12(9)15/h3-5,7H,6H2,1-2H3. The second-order valence-corrected chi connectivity index (χ2v) is 5.02. The molecule has 1 aliphatic rings. The number of fused-ring (bicyclic) bond motifs is 3. The van der Waals surface area contributed by atoms with Crippen molar-refractivity contribution < 1.29 is 0 Å². The number of hydrogen-bond acceptors (Lipinski definition) is 2. The lowest BCUT2D eigenvalue weighted by Gasteiger charge is -2.27. The van der Waals surface area contributed by atoms with E-state index in [4.69, 9.17) is 0 Å². The maximum atomic E-state index is 4.54. The normalized spacial score (nSPS) is 13.6. The molecule has 0 atom stereocenters. The third-order valence-electron chi connectivity index (χ3n) is 2.94. The van der Waals surface area contributed by atoms with Gasteiger partial charge < -0.3 is 4.90 Å². The van der Waals surface area contributed by atoms with E-state index in [-0.39, 0.29) is 0 Å². The van der Waals surface area contributed by atoms with Gasteiger partial charge >= 0.3 is 0 Å². The number of rotatable bonds is 0. The van der Waals surface area contributed by atoms with Gasteiger partial charge in [0.05, 0.1) is 11.4 Å². The van der Waals surface area contributed by atoms with Crippen LogP contribution in [0.15, 0.2) is 28.9 Å². The van der Waals surface area contributed by atoms with Crippen LogP contribution >= 0.6 is 15.9 Å². The van der Waals surface area contributed by atoms with E-state index in [9.17, 15) is 0 Å². The number of benzene rings is 1. The Morgan fingerprint density at radius 3 is 2.94 bits per heavy atom. The second-order valence-electron chi connectivity index (χ2n) is 4.17. The quantitative estimate of drug-likeness (QED) is 0.739. The third-order valence-corrected chi connectivity index (χ3v) is 3.58. The first-order valence-electron chi connectivity index (χ1n) is 5.19. The molecule has 0 saturated heterocycles. The molecular weight excluding hydrogens is 266 g/mol. The summed E-state index contributed by atoms with van der Waals surface area (Å²) in [7, 11) is 4.08. The molecule has 82 valence electrons. The topological polar surface area (TPSA) is 21.1 Å². The number of aryl methyl sites for hydroxylation is 1. The van der Waals surface area contributed by atoms with Crippen molar-refractivity contribution >= 4 is 21.6 Å². The summed E-state index contributed by atoms with van der Waals surface area (Å²) in [5.41, 5.74) is 4.83. The van der Waals surface area contributed by atoms with Crippen molar-refractivity contribution in [3.8, 4) is 11.3 Å². The summed E-state index contributed by atoms with van der Waals surface area (Å²) >= 11 is 3.60. The first-order chi connectivity index (χ1) is 7.66. The maximum Gasteiger partial charge on any atom is 0.0994 e. The van der Waals surface area contributed by atoms with E-state index in [2.05, 4.69) is 57.4 Å². The molecule has 1 aliphatic heterocycles. The Hall–Kier alpha value is -1.29. The summed E-state index contributed by atoms with van der Waals surface area (Å²) < 4.78 is 3.01. The predicted octanol–water partition coefficient (Wildman–Crippen LogP) is 2.80. The van der Waals surface area contributed by atoms with Gasteiger partial charge in [-0.25, -0.2) is 0 Å². The van der Waals surface area contributed by atoms with Gasteiger partial charge in [0.15, 0.2) is 0 Å². The Morgan fingerprint density at radius 1 is 1.31 bits per heavy atom. The number of aromatic nitrogens is 2. The van der Waals surface area contributed by atoms with Crippen molar-refractivity contribution in [3.05, 3.63) is 34.4 Å². The minimum atomic E-state index is 0.915. The molecular formula is C12H12BrN3. The molecule has 0 bridgehead atoms. The van der Waals surface area contributed by atoms with Crippen LogP contribution < -0.4 is 4.90 Å². The van der Waals surface area contributed by atoms with Gasteiger partial charge in [0.2, 0.25) is 0 Å². The smallest absolute Gasteiger partial charge is 0.0994 e. The molecule has 0 aliphatic carbocycles. The van der Waals surface area contributed by atoms with Gasteiger partial charge in [0, 0.05) is 42.4 Å². The monoisotopic (exact) mass is 277 g/mol. The van der Waals surface area contributed by atoms with Crippen LogP contribution in [0.3, 0.4) is 0 Å². The Bertz CT molecular complexity index is 559. The second kappa shape index (κ2) is 3.35. The first kappa shape index (κ1) is 9.90. The lowest BCUT2D eigenvalue weighted by molar-refractivity contribution is 0.770. The molecule has 2 heterocycles. The van der Waals surface area contributed by atoms with Crippen LogP contribution in [0.5, 0.6) is 0 Å². The van der Waals surface area contributed by atoms with E-state index in [1.165, 1.54) is 16.8 Å². The molecule has 0 unspecified atom stereocenters. The van der Waals surface area contributed by atoms with E-state index in [1.54, 1.807) is 0 Å². The highest BCUT2D eigenvalue weighted by Crippen LogP contribution is 2.41. The van der Waals surface area contributed by atoms with Crippen molar-refractivity contribution in [1.82, 2.24) is 9.78 Å². The summed E-state index contributed by atoms with van der Waals surface area (Å²) in [6.07, 6.45) is 2.09. The number of anilines is 1. The van der Waals surface area contributed by atoms with Crippen molar-refractivity contribution in [2.75, 3.05) is 11.9 Å². The lowest BCUT2D eigenvalue weighted by atomic mass is 10.0. The van der Waals surface area contributed by atoms with E-state index in [1.807, 2.05) is 11.7 Å². The van der Waals surface area contributed by atoms with Gasteiger partial charge in [-0.05, 0) is 22.0 Å². The van der Waals surface area contributed by atoms with Crippen molar-refractivity contribution in [1.29, 1.82) is 0 Å². The van der Waals surface area contributed by atoms with Crippen LogP contribution in [0.2, 0.25) is 0 Å². The number of para-hydroxylation sites is 1. The van der Waals surface area contributed by atoms with Crippen LogP contribution in [0.4, 0.5) is 5.69 Å². The molecule has 0 radical (unpaired) electrons. The number of hydrogen-bond donors (Lipinski definition) is 0. The summed E-state index contributed by atoms with van der Waals surface area (Å²) in [5.74, 6) is 0. The van der Waals surface area contributed by atoms with E-state index in [0.717, 1.165) is 16.7 Å². The van der Waals surface area contributed by atoms with Crippen LogP contribution in [-0.2, 0) is 13.6 Å². The molecule has 3 nitrogen and oxygen atoms in total. The molecule has 0 saturated carbocycles. The van der Waals surface area contributed by atoms with Crippen LogP contribution in [-0.4, -0.2) is 16.8 Å². The Labute approximate surface area is 103 Å². The van der Waals surface area contributed by atoms with E-state index >= 15 is 0 Å². The fraction of sp³-hybridized carbons (Fsp3) is 0.250. The van der Waals surface area contributed by atoms with Crippen molar-refractivity contribution in [2.24, 2.45) is 7.05 Å². The fourth-order valence-corrected chi connectivity index (χ4v) is 2.98.